The number of carbonyl (C=O) groups excluding carboxylic acids is 2. The van der Waals surface area contributed by atoms with Gasteiger partial charge in [-0.3, -0.25) is 18.7 Å². The first-order valence-corrected chi connectivity index (χ1v) is 11.9. The van der Waals surface area contributed by atoms with Crippen molar-refractivity contribution in [2.45, 2.75) is 45.2 Å². The predicted molar refractivity (Wildman–Crippen MR) is 129 cm³/mol. The van der Waals surface area contributed by atoms with Gasteiger partial charge in [0.15, 0.2) is 0 Å². The first-order valence-electron chi connectivity index (χ1n) is 10.8. The van der Waals surface area contributed by atoms with Crippen LogP contribution in [0.2, 0.25) is 0 Å². The fraction of sp³-hybridized carbons (Fsp3) is 0.375. The molecule has 1 aliphatic heterocycles. The number of nitrogens with two attached hydrogens (primary N) is 1. The summed E-state index contributed by atoms with van der Waals surface area (Å²) in [7, 11) is 0. The molecule has 2 amide bonds. The fourth-order valence-electron chi connectivity index (χ4n) is 4.20. The molecule has 0 atom stereocenters. The van der Waals surface area contributed by atoms with Crippen molar-refractivity contribution in [3.05, 3.63) is 64.1 Å². The second-order valence-corrected chi connectivity index (χ2v) is 10.1. The Morgan fingerprint density at radius 2 is 1.78 bits per heavy atom. The van der Waals surface area contributed by atoms with Gasteiger partial charge in [0.25, 0.3) is 5.91 Å². The number of nitrogens with one attached hydrogen (secondary N) is 1. The molecule has 2 heterocycles. The van der Waals surface area contributed by atoms with E-state index in [4.69, 9.17) is 5.73 Å². The molecule has 0 spiro atoms. The molecule has 4 rings (SSSR count). The van der Waals surface area contributed by atoms with Crippen LogP contribution in [0.3, 0.4) is 0 Å². The van der Waals surface area contributed by atoms with Crippen LogP contribution in [-0.2, 0) is 0 Å². The number of imidazole rings is 1. The monoisotopic (exact) mass is 452 g/mol. The average molecular weight is 453 g/mol. The van der Waals surface area contributed by atoms with Gasteiger partial charge in [0, 0.05) is 22.7 Å². The average Bonchev–Trinajstić information content (AvgIpc) is 3.05. The third-order valence-electron chi connectivity index (χ3n) is 6.05. The number of rotatable bonds is 5. The van der Waals surface area contributed by atoms with Crippen LogP contribution in [-0.4, -0.2) is 38.0 Å². The standard InChI is InChI=1S/C24H28N4O3S/c1-15(2)27-20-14-17(22(30)26-24(3)9-11-32-12-10-24)7-8-19(20)28(23(27)31)18-6-4-5-16(13-18)21(25)29/h4-8,13-15H,9-12H2,1-3H3,(H2,25,29)(H,26,30). The van der Waals surface area contributed by atoms with Gasteiger partial charge in [-0.25, -0.2) is 4.79 Å². The Morgan fingerprint density at radius 3 is 2.44 bits per heavy atom. The number of primary amides is 1. The smallest absolute Gasteiger partial charge is 0.333 e. The molecule has 1 aromatic heterocycles. The molecular weight excluding hydrogens is 424 g/mol. The van der Waals surface area contributed by atoms with Crippen LogP contribution >= 0.6 is 11.8 Å². The number of benzene rings is 2. The van der Waals surface area contributed by atoms with Gasteiger partial charge in [-0.1, -0.05) is 6.07 Å². The van der Waals surface area contributed by atoms with E-state index in [9.17, 15) is 14.4 Å². The molecule has 2 aromatic carbocycles. The van der Waals surface area contributed by atoms with E-state index in [1.54, 1.807) is 51.6 Å². The van der Waals surface area contributed by atoms with Crippen molar-refractivity contribution < 1.29 is 9.59 Å². The summed E-state index contributed by atoms with van der Waals surface area (Å²) in [4.78, 5) is 38.1. The van der Waals surface area contributed by atoms with E-state index in [2.05, 4.69) is 12.2 Å². The maximum Gasteiger partial charge on any atom is 0.333 e. The first kappa shape index (κ1) is 22.2. The number of hydrogen-bond acceptors (Lipinski definition) is 4. The van der Waals surface area contributed by atoms with E-state index in [0.29, 0.717) is 27.8 Å². The minimum absolute atomic E-state index is 0.114. The van der Waals surface area contributed by atoms with E-state index >= 15 is 0 Å². The van der Waals surface area contributed by atoms with E-state index in [1.165, 1.54) is 0 Å². The number of nitrogens with zero attached hydrogens (tertiary/aromatic N) is 2. The Kier molecular flexibility index (Phi) is 5.90. The van der Waals surface area contributed by atoms with Gasteiger partial charge in [-0.15, -0.1) is 0 Å². The lowest BCUT2D eigenvalue weighted by atomic mass is 9.94. The predicted octanol–water partition coefficient (Wildman–Crippen LogP) is 3.49. The first-order chi connectivity index (χ1) is 15.2. The van der Waals surface area contributed by atoms with Gasteiger partial charge in [-0.2, -0.15) is 11.8 Å². The minimum atomic E-state index is -0.555. The fourth-order valence-corrected chi connectivity index (χ4v) is 5.59. The van der Waals surface area contributed by atoms with Gasteiger partial charge in [-0.05, 0) is 81.5 Å². The summed E-state index contributed by atoms with van der Waals surface area (Å²) in [6.45, 7) is 5.95. The molecule has 3 aromatic rings. The molecule has 0 unspecified atom stereocenters. The van der Waals surface area contributed by atoms with Crippen LogP contribution in [0.5, 0.6) is 0 Å². The van der Waals surface area contributed by atoms with Gasteiger partial charge >= 0.3 is 5.69 Å². The van der Waals surface area contributed by atoms with Crippen LogP contribution in [0.25, 0.3) is 16.7 Å². The summed E-state index contributed by atoms with van der Waals surface area (Å²) >= 11 is 1.91. The van der Waals surface area contributed by atoms with Crippen molar-refractivity contribution in [1.82, 2.24) is 14.5 Å². The molecule has 1 saturated heterocycles. The Labute approximate surface area is 191 Å². The van der Waals surface area contributed by atoms with E-state index in [-0.39, 0.29) is 23.2 Å². The number of fused-ring (bicyclic) bond motifs is 1. The van der Waals surface area contributed by atoms with E-state index < -0.39 is 5.91 Å². The second kappa shape index (κ2) is 8.50. The highest BCUT2D eigenvalue weighted by atomic mass is 32.2. The lowest BCUT2D eigenvalue weighted by Gasteiger charge is -2.34. The maximum atomic E-state index is 13.4. The topological polar surface area (TPSA) is 99.1 Å². The Morgan fingerprint density at radius 1 is 1.06 bits per heavy atom. The second-order valence-electron chi connectivity index (χ2n) is 8.83. The van der Waals surface area contributed by atoms with Gasteiger partial charge < -0.3 is 11.1 Å². The SMILES string of the molecule is CC(C)n1c(=O)n(-c2cccc(C(N)=O)c2)c2ccc(C(=O)NC3(C)CCSCC3)cc21. The van der Waals surface area contributed by atoms with Crippen molar-refractivity contribution in [3.63, 3.8) is 0 Å². The zero-order valence-electron chi connectivity index (χ0n) is 18.6. The summed E-state index contributed by atoms with van der Waals surface area (Å²) in [5.41, 5.74) is 7.73. The molecular formula is C24H28N4O3S. The van der Waals surface area contributed by atoms with Crippen molar-refractivity contribution in [1.29, 1.82) is 0 Å². The van der Waals surface area contributed by atoms with Crippen LogP contribution in [0.15, 0.2) is 47.3 Å². The lowest BCUT2D eigenvalue weighted by molar-refractivity contribution is 0.0900. The molecule has 3 N–H and O–H groups in total. The molecule has 1 fully saturated rings. The molecule has 0 radical (unpaired) electrons. The summed E-state index contributed by atoms with van der Waals surface area (Å²) in [6, 6.07) is 11.9. The van der Waals surface area contributed by atoms with Crippen LogP contribution < -0.4 is 16.7 Å². The number of amides is 2. The molecule has 0 saturated carbocycles. The zero-order valence-corrected chi connectivity index (χ0v) is 19.4. The Hall–Kier alpha value is -3.00. The zero-order chi connectivity index (χ0) is 23.0. The maximum absolute atomic E-state index is 13.4. The number of aromatic nitrogens is 2. The molecule has 1 aliphatic rings. The Balaban J connectivity index is 1.81. The summed E-state index contributed by atoms with van der Waals surface area (Å²) < 4.78 is 3.23. The van der Waals surface area contributed by atoms with Crippen molar-refractivity contribution in [2.75, 3.05) is 11.5 Å². The highest BCUT2D eigenvalue weighted by molar-refractivity contribution is 7.99. The third kappa shape index (κ3) is 4.07. The van der Waals surface area contributed by atoms with Crippen LogP contribution in [0, 0.1) is 0 Å². The summed E-state index contributed by atoms with van der Waals surface area (Å²) in [5, 5.41) is 3.20. The highest BCUT2D eigenvalue weighted by Gasteiger charge is 2.29. The molecule has 32 heavy (non-hydrogen) atoms. The quantitative estimate of drug-likeness (QED) is 0.619. The van der Waals surface area contributed by atoms with Crippen molar-refractivity contribution >= 4 is 34.6 Å². The van der Waals surface area contributed by atoms with E-state index in [1.807, 2.05) is 25.6 Å². The molecule has 7 nitrogen and oxygen atoms in total. The molecule has 168 valence electrons. The van der Waals surface area contributed by atoms with Crippen LogP contribution in [0.1, 0.15) is 60.4 Å². The number of carbonyl (C=O) groups is 2. The Bertz CT molecular complexity index is 1250. The number of thioether (sulfide) groups is 1. The number of hydrogen-bond donors (Lipinski definition) is 2. The van der Waals surface area contributed by atoms with Crippen molar-refractivity contribution in [3.8, 4) is 5.69 Å². The third-order valence-corrected chi connectivity index (χ3v) is 7.04. The summed E-state index contributed by atoms with van der Waals surface area (Å²) in [6.07, 6.45) is 1.88. The normalized spacial score (nSPS) is 15.8. The largest absolute Gasteiger partial charge is 0.366 e. The van der Waals surface area contributed by atoms with Crippen LogP contribution in [0.4, 0.5) is 0 Å². The van der Waals surface area contributed by atoms with Crippen molar-refractivity contribution in [2.24, 2.45) is 5.73 Å². The molecule has 0 bridgehead atoms. The lowest BCUT2D eigenvalue weighted by Crippen LogP contribution is -2.48. The molecule has 8 heteroatoms. The summed E-state index contributed by atoms with van der Waals surface area (Å²) in [5.74, 6) is 1.39. The highest BCUT2D eigenvalue weighted by Crippen LogP contribution is 2.28. The van der Waals surface area contributed by atoms with Gasteiger partial charge in [0.2, 0.25) is 5.91 Å². The van der Waals surface area contributed by atoms with E-state index in [0.717, 1.165) is 24.3 Å². The van der Waals surface area contributed by atoms with Gasteiger partial charge in [0.05, 0.1) is 16.7 Å². The van der Waals surface area contributed by atoms with Gasteiger partial charge in [0.1, 0.15) is 0 Å². The molecule has 0 aliphatic carbocycles. The minimum Gasteiger partial charge on any atom is -0.366 e.